The van der Waals surface area contributed by atoms with E-state index in [1.807, 2.05) is 65.7 Å². The minimum Gasteiger partial charge on any atom is -0.489 e. The fourth-order valence-corrected chi connectivity index (χ4v) is 5.03. The van der Waals surface area contributed by atoms with Crippen LogP contribution in [-0.2, 0) is 6.61 Å². The summed E-state index contributed by atoms with van der Waals surface area (Å²) in [6, 6.07) is 24.4. The second kappa shape index (κ2) is 13.0. The fraction of sp³-hybridized carbons (Fsp3) is 0.176. The summed E-state index contributed by atoms with van der Waals surface area (Å²) in [6.07, 6.45) is 5.47. The molecular weight excluding hydrogens is 533 g/mol. The topological polar surface area (TPSA) is 64.0 Å². The van der Waals surface area contributed by atoms with Crippen molar-refractivity contribution in [3.63, 3.8) is 0 Å². The number of fused-ring (bicyclic) bond motifs is 1. The van der Waals surface area contributed by atoms with Crippen LogP contribution in [-0.4, -0.2) is 35.3 Å². The van der Waals surface area contributed by atoms with Gasteiger partial charge < -0.3 is 14.4 Å². The van der Waals surface area contributed by atoms with Gasteiger partial charge in [0.25, 0.3) is 5.91 Å². The van der Waals surface area contributed by atoms with Gasteiger partial charge in [0.15, 0.2) is 11.4 Å². The van der Waals surface area contributed by atoms with Gasteiger partial charge in [0.05, 0.1) is 0 Å². The maximum atomic E-state index is 14.5. The van der Waals surface area contributed by atoms with E-state index in [9.17, 15) is 14.0 Å². The third-order valence-electron chi connectivity index (χ3n) is 6.99. The van der Waals surface area contributed by atoms with Gasteiger partial charge in [-0.1, -0.05) is 79.4 Å². The smallest absolute Gasteiger partial charge is 0.277 e. The molecule has 5 rings (SSSR count). The van der Waals surface area contributed by atoms with Crippen LogP contribution in [0.3, 0.4) is 0 Å². The standard InChI is InChI=1S/C34H32FN3O4/c1-3-5-19-36-24-38(31(26-14-10-7-11-15-26)28-17-16-27(35)22-30(28)41-21-4-2)37-20-18-29(39)33(32(37)34(36)40)42-23-25-12-8-6-9-13-25/h3-4,6-18,20,22,31H,1-2,5,19,21,23-24H2. The van der Waals surface area contributed by atoms with Crippen molar-refractivity contribution in [1.29, 1.82) is 0 Å². The Morgan fingerprint density at radius 2 is 1.64 bits per heavy atom. The first kappa shape index (κ1) is 28.4. The van der Waals surface area contributed by atoms with Crippen molar-refractivity contribution in [2.24, 2.45) is 0 Å². The quantitative estimate of drug-likeness (QED) is 0.202. The molecule has 0 bridgehead atoms. The zero-order valence-corrected chi connectivity index (χ0v) is 23.2. The number of halogens is 1. The van der Waals surface area contributed by atoms with Gasteiger partial charge >= 0.3 is 0 Å². The van der Waals surface area contributed by atoms with Crippen LogP contribution in [0.1, 0.15) is 39.6 Å². The summed E-state index contributed by atoms with van der Waals surface area (Å²) in [5.41, 5.74) is 2.14. The van der Waals surface area contributed by atoms with Crippen molar-refractivity contribution in [2.75, 3.05) is 24.8 Å². The van der Waals surface area contributed by atoms with Gasteiger partial charge in [-0.25, -0.2) is 4.39 Å². The van der Waals surface area contributed by atoms with Crippen molar-refractivity contribution >= 4 is 5.91 Å². The predicted molar refractivity (Wildman–Crippen MR) is 161 cm³/mol. The molecule has 1 unspecified atom stereocenters. The van der Waals surface area contributed by atoms with E-state index in [2.05, 4.69) is 13.2 Å². The lowest BCUT2D eigenvalue weighted by Crippen LogP contribution is -2.55. The molecule has 1 atom stereocenters. The Labute approximate surface area is 244 Å². The monoisotopic (exact) mass is 565 g/mol. The lowest BCUT2D eigenvalue weighted by atomic mass is 9.96. The van der Waals surface area contributed by atoms with Crippen molar-refractivity contribution in [3.05, 3.63) is 155 Å². The first-order valence-corrected chi connectivity index (χ1v) is 13.7. The number of rotatable bonds is 12. The van der Waals surface area contributed by atoms with Crippen molar-refractivity contribution < 1.29 is 18.7 Å². The Kier molecular flexibility index (Phi) is 8.82. The average molecular weight is 566 g/mol. The number of hydrogen-bond donors (Lipinski definition) is 0. The molecule has 7 nitrogen and oxygen atoms in total. The summed E-state index contributed by atoms with van der Waals surface area (Å²) in [7, 11) is 0. The normalized spacial score (nSPS) is 13.3. The van der Waals surface area contributed by atoms with E-state index in [0.717, 1.165) is 11.1 Å². The third kappa shape index (κ3) is 5.98. The zero-order chi connectivity index (χ0) is 29.5. The van der Waals surface area contributed by atoms with Crippen LogP contribution >= 0.6 is 0 Å². The van der Waals surface area contributed by atoms with Gasteiger partial charge in [-0.15, -0.1) is 6.58 Å². The van der Waals surface area contributed by atoms with Gasteiger partial charge in [-0.3, -0.25) is 19.3 Å². The molecule has 214 valence electrons. The second-order valence-electron chi connectivity index (χ2n) is 9.80. The number of nitrogens with zero attached hydrogens (tertiary/aromatic N) is 3. The van der Waals surface area contributed by atoms with Crippen LogP contribution in [0.25, 0.3) is 0 Å². The van der Waals surface area contributed by atoms with Crippen LogP contribution in [0.2, 0.25) is 0 Å². The lowest BCUT2D eigenvalue weighted by molar-refractivity contribution is 0.0679. The molecule has 8 heteroatoms. The lowest BCUT2D eigenvalue weighted by Gasteiger charge is -2.44. The molecule has 42 heavy (non-hydrogen) atoms. The number of aromatic nitrogens is 1. The average Bonchev–Trinajstić information content (AvgIpc) is 3.02. The highest BCUT2D eigenvalue weighted by Gasteiger charge is 2.37. The van der Waals surface area contributed by atoms with Crippen molar-refractivity contribution in [2.45, 2.75) is 19.1 Å². The molecular formula is C34H32FN3O4. The molecule has 3 aromatic carbocycles. The fourth-order valence-electron chi connectivity index (χ4n) is 5.03. The highest BCUT2D eigenvalue weighted by Crippen LogP contribution is 2.37. The van der Waals surface area contributed by atoms with Crippen LogP contribution in [0.5, 0.6) is 11.5 Å². The first-order chi connectivity index (χ1) is 20.5. The molecule has 0 aliphatic carbocycles. The number of benzene rings is 3. The second-order valence-corrected chi connectivity index (χ2v) is 9.80. The number of carbonyl (C=O) groups excluding carboxylic acids is 1. The highest BCUT2D eigenvalue weighted by atomic mass is 19.1. The van der Waals surface area contributed by atoms with Crippen LogP contribution in [0.4, 0.5) is 4.39 Å². The maximum absolute atomic E-state index is 14.5. The van der Waals surface area contributed by atoms with Crippen molar-refractivity contribution in [1.82, 2.24) is 9.58 Å². The van der Waals surface area contributed by atoms with Crippen LogP contribution in [0, 0.1) is 5.82 Å². The largest absolute Gasteiger partial charge is 0.489 e. The van der Waals surface area contributed by atoms with Gasteiger partial charge in [0, 0.05) is 30.4 Å². The Morgan fingerprint density at radius 1 is 0.905 bits per heavy atom. The number of hydrogen-bond acceptors (Lipinski definition) is 5. The SMILES string of the molecule is C=CCCN1CN(C(c2ccccc2)c2ccc(F)cc2OCC=C)n2ccc(=O)c(OCc3ccccc3)c2C1=O. The third-order valence-corrected chi connectivity index (χ3v) is 6.99. The summed E-state index contributed by atoms with van der Waals surface area (Å²) >= 11 is 0. The van der Waals surface area contributed by atoms with Crippen LogP contribution < -0.4 is 19.9 Å². The molecule has 1 aliphatic heterocycles. The van der Waals surface area contributed by atoms with E-state index < -0.39 is 17.3 Å². The molecule has 0 N–H and O–H groups in total. The minimum absolute atomic E-state index is 0.0336. The summed E-state index contributed by atoms with van der Waals surface area (Å²) in [5, 5.41) is 1.96. The Hall–Kier alpha value is -5.11. The van der Waals surface area contributed by atoms with E-state index >= 15 is 0 Å². The van der Waals surface area contributed by atoms with E-state index in [1.54, 1.807) is 34.0 Å². The van der Waals surface area contributed by atoms with E-state index in [1.165, 1.54) is 18.2 Å². The predicted octanol–water partition coefficient (Wildman–Crippen LogP) is 5.85. The summed E-state index contributed by atoms with van der Waals surface area (Å²) < 4.78 is 28.1. The van der Waals surface area contributed by atoms with Gasteiger partial charge in [-0.2, -0.15) is 0 Å². The molecule has 1 aliphatic rings. The Balaban J connectivity index is 1.69. The first-order valence-electron chi connectivity index (χ1n) is 13.7. The summed E-state index contributed by atoms with van der Waals surface area (Å²) in [4.78, 5) is 28.8. The minimum atomic E-state index is -0.533. The Morgan fingerprint density at radius 3 is 2.36 bits per heavy atom. The highest BCUT2D eigenvalue weighted by molar-refractivity contribution is 5.96. The van der Waals surface area contributed by atoms with Gasteiger partial charge in [0.2, 0.25) is 5.43 Å². The molecule has 1 amide bonds. The molecule has 4 aromatic rings. The van der Waals surface area contributed by atoms with E-state index in [4.69, 9.17) is 9.47 Å². The summed E-state index contributed by atoms with van der Waals surface area (Å²) in [6.45, 7) is 8.40. The maximum Gasteiger partial charge on any atom is 0.277 e. The molecule has 0 saturated heterocycles. The summed E-state index contributed by atoms with van der Waals surface area (Å²) in [5.74, 6) is -0.454. The number of carbonyl (C=O) groups is 1. The molecule has 1 aromatic heterocycles. The van der Waals surface area contributed by atoms with Crippen LogP contribution in [0.15, 0.2) is 121 Å². The number of amides is 1. The Bertz CT molecular complexity index is 1620. The zero-order valence-electron chi connectivity index (χ0n) is 23.2. The molecule has 0 fully saturated rings. The van der Waals surface area contributed by atoms with Crippen molar-refractivity contribution in [3.8, 4) is 11.5 Å². The van der Waals surface area contributed by atoms with E-state index in [-0.39, 0.29) is 37.2 Å². The molecule has 0 spiro atoms. The molecule has 0 radical (unpaired) electrons. The number of ether oxygens (including phenoxy) is 2. The number of pyridine rings is 1. The van der Waals surface area contributed by atoms with Gasteiger partial charge in [0.1, 0.15) is 37.5 Å². The molecule has 2 heterocycles. The van der Waals surface area contributed by atoms with E-state index in [0.29, 0.717) is 24.3 Å². The molecule has 0 saturated carbocycles. The van der Waals surface area contributed by atoms with Gasteiger partial charge in [-0.05, 0) is 29.7 Å².